The maximum atomic E-state index is 13.0. The Morgan fingerprint density at radius 2 is 1.56 bits per heavy atom. The summed E-state index contributed by atoms with van der Waals surface area (Å²) in [4.78, 5) is 13.0. The lowest BCUT2D eigenvalue weighted by Crippen LogP contribution is -2.04. The Bertz CT molecular complexity index is 1120. The fraction of sp³-hybridized carbons (Fsp3) is 0.0455. The van der Waals surface area contributed by atoms with Crippen LogP contribution in [0.3, 0.4) is 0 Å². The van der Waals surface area contributed by atoms with Gasteiger partial charge in [0.25, 0.3) is 0 Å². The van der Waals surface area contributed by atoms with E-state index < -0.39 is 0 Å². The van der Waals surface area contributed by atoms with Gasteiger partial charge in [-0.05, 0) is 31.2 Å². The van der Waals surface area contributed by atoms with E-state index in [0.717, 1.165) is 11.3 Å². The highest BCUT2D eigenvalue weighted by Gasteiger charge is 2.18. The molecule has 0 radical (unpaired) electrons. The second kappa shape index (κ2) is 7.17. The topological polar surface area (TPSA) is 47.8 Å². The third-order valence-electron chi connectivity index (χ3n) is 4.36. The number of carbonyl (C=O) groups is 1. The Balaban J connectivity index is 1.75. The molecule has 4 rings (SSSR count). The van der Waals surface area contributed by atoms with Crippen LogP contribution in [-0.2, 0) is 0 Å². The Kier molecular flexibility index (Phi) is 4.57. The van der Waals surface area contributed by atoms with Gasteiger partial charge in [-0.1, -0.05) is 70.9 Å². The SMILES string of the molecule is Cc1ccc(-n2cc(-c3ccccc3C(=O)c3ccccc3Cl)nn2)cc1. The lowest BCUT2D eigenvalue weighted by molar-refractivity contribution is 0.103. The highest BCUT2D eigenvalue weighted by molar-refractivity contribution is 6.35. The van der Waals surface area contributed by atoms with Crippen LogP contribution < -0.4 is 0 Å². The van der Waals surface area contributed by atoms with Gasteiger partial charge in [0.15, 0.2) is 5.78 Å². The molecular formula is C22H16ClN3O. The summed E-state index contributed by atoms with van der Waals surface area (Å²) in [6.45, 7) is 2.03. The fourth-order valence-electron chi connectivity index (χ4n) is 2.91. The van der Waals surface area contributed by atoms with E-state index in [-0.39, 0.29) is 5.78 Å². The molecule has 0 amide bonds. The average Bonchev–Trinajstić information content (AvgIpc) is 3.18. The lowest BCUT2D eigenvalue weighted by Gasteiger charge is -2.07. The maximum absolute atomic E-state index is 13.0. The van der Waals surface area contributed by atoms with Crippen LogP contribution in [0.25, 0.3) is 16.9 Å². The number of nitrogens with zero attached hydrogens (tertiary/aromatic N) is 3. The van der Waals surface area contributed by atoms with Crippen molar-refractivity contribution in [3.8, 4) is 16.9 Å². The first-order chi connectivity index (χ1) is 13.1. The largest absolute Gasteiger partial charge is 0.289 e. The normalized spacial score (nSPS) is 10.7. The van der Waals surface area contributed by atoms with Crippen LogP contribution in [0.5, 0.6) is 0 Å². The Morgan fingerprint density at radius 1 is 0.889 bits per heavy atom. The second-order valence-corrected chi connectivity index (χ2v) is 6.65. The van der Waals surface area contributed by atoms with Gasteiger partial charge in [-0.15, -0.1) is 5.10 Å². The molecule has 0 unspecified atom stereocenters. The minimum absolute atomic E-state index is 0.138. The van der Waals surface area contributed by atoms with Gasteiger partial charge < -0.3 is 0 Å². The smallest absolute Gasteiger partial charge is 0.195 e. The highest BCUT2D eigenvalue weighted by atomic mass is 35.5. The lowest BCUT2D eigenvalue weighted by atomic mass is 9.97. The van der Waals surface area contributed by atoms with Gasteiger partial charge in [-0.25, -0.2) is 4.68 Å². The maximum Gasteiger partial charge on any atom is 0.195 e. The number of halogens is 1. The van der Waals surface area contributed by atoms with E-state index in [2.05, 4.69) is 10.3 Å². The molecule has 132 valence electrons. The van der Waals surface area contributed by atoms with Crippen molar-refractivity contribution in [1.29, 1.82) is 0 Å². The van der Waals surface area contributed by atoms with Crippen molar-refractivity contribution in [1.82, 2.24) is 15.0 Å². The molecule has 4 aromatic rings. The first kappa shape index (κ1) is 17.2. The number of ketones is 1. The summed E-state index contributed by atoms with van der Waals surface area (Å²) in [6, 6.07) is 22.4. The van der Waals surface area contributed by atoms with Crippen molar-refractivity contribution in [2.75, 3.05) is 0 Å². The third kappa shape index (κ3) is 3.39. The van der Waals surface area contributed by atoms with E-state index in [0.29, 0.717) is 21.8 Å². The molecule has 3 aromatic carbocycles. The monoisotopic (exact) mass is 373 g/mol. The zero-order chi connectivity index (χ0) is 18.8. The van der Waals surface area contributed by atoms with E-state index in [1.807, 2.05) is 55.6 Å². The van der Waals surface area contributed by atoms with Crippen LogP contribution in [0, 0.1) is 6.92 Å². The van der Waals surface area contributed by atoms with E-state index in [1.54, 1.807) is 35.0 Å². The van der Waals surface area contributed by atoms with Crippen LogP contribution in [0.1, 0.15) is 21.5 Å². The first-order valence-corrected chi connectivity index (χ1v) is 8.89. The first-order valence-electron chi connectivity index (χ1n) is 8.51. The van der Waals surface area contributed by atoms with E-state index >= 15 is 0 Å². The van der Waals surface area contributed by atoms with Gasteiger partial charge in [0.1, 0.15) is 5.69 Å². The molecule has 5 heteroatoms. The molecule has 0 aliphatic carbocycles. The Labute approximate surface area is 162 Å². The number of hydrogen-bond donors (Lipinski definition) is 0. The molecule has 0 saturated heterocycles. The molecule has 0 fully saturated rings. The van der Waals surface area contributed by atoms with Gasteiger partial charge >= 0.3 is 0 Å². The number of aromatic nitrogens is 3. The van der Waals surface area contributed by atoms with Crippen LogP contribution >= 0.6 is 11.6 Å². The highest BCUT2D eigenvalue weighted by Crippen LogP contribution is 2.27. The van der Waals surface area contributed by atoms with E-state index in [9.17, 15) is 4.79 Å². The quantitative estimate of drug-likeness (QED) is 0.466. The summed E-state index contributed by atoms with van der Waals surface area (Å²) in [5, 5.41) is 8.92. The van der Waals surface area contributed by atoms with Crippen LogP contribution in [0.4, 0.5) is 0 Å². The number of rotatable bonds is 4. The molecule has 27 heavy (non-hydrogen) atoms. The van der Waals surface area contributed by atoms with Gasteiger partial charge in [0.2, 0.25) is 0 Å². The van der Waals surface area contributed by atoms with E-state index in [4.69, 9.17) is 11.6 Å². The zero-order valence-electron chi connectivity index (χ0n) is 14.6. The second-order valence-electron chi connectivity index (χ2n) is 6.24. The van der Waals surface area contributed by atoms with Gasteiger partial charge in [-0.3, -0.25) is 4.79 Å². The van der Waals surface area contributed by atoms with Crippen LogP contribution in [0.15, 0.2) is 79.0 Å². The third-order valence-corrected chi connectivity index (χ3v) is 4.69. The van der Waals surface area contributed by atoms with Crippen LogP contribution in [-0.4, -0.2) is 20.8 Å². The summed E-state index contributed by atoms with van der Waals surface area (Å²) in [5.74, 6) is -0.138. The Hall–Kier alpha value is -3.24. The molecule has 1 heterocycles. The van der Waals surface area contributed by atoms with Crippen molar-refractivity contribution in [2.45, 2.75) is 6.92 Å². The molecule has 0 aliphatic rings. The van der Waals surface area contributed by atoms with Crippen molar-refractivity contribution in [3.63, 3.8) is 0 Å². The number of aryl methyl sites for hydroxylation is 1. The summed E-state index contributed by atoms with van der Waals surface area (Å²) in [6.07, 6.45) is 1.82. The summed E-state index contributed by atoms with van der Waals surface area (Å²) in [5.41, 5.74) is 4.45. The summed E-state index contributed by atoms with van der Waals surface area (Å²) < 4.78 is 1.70. The van der Waals surface area contributed by atoms with Gasteiger partial charge in [0, 0.05) is 16.7 Å². The molecule has 0 N–H and O–H groups in total. The standard InChI is InChI=1S/C22H16ClN3O/c1-15-10-12-16(13-11-15)26-14-21(24-25-26)17-6-2-3-7-18(17)22(27)19-8-4-5-9-20(19)23/h2-14H,1H3. The molecular weight excluding hydrogens is 358 g/mol. The molecule has 0 bridgehead atoms. The average molecular weight is 374 g/mol. The molecule has 0 aliphatic heterocycles. The van der Waals surface area contributed by atoms with E-state index in [1.165, 1.54) is 5.56 Å². The van der Waals surface area contributed by atoms with Crippen molar-refractivity contribution >= 4 is 17.4 Å². The Morgan fingerprint density at radius 3 is 2.30 bits per heavy atom. The van der Waals surface area contributed by atoms with Crippen molar-refractivity contribution in [2.24, 2.45) is 0 Å². The van der Waals surface area contributed by atoms with Crippen LogP contribution in [0.2, 0.25) is 5.02 Å². The number of hydrogen-bond acceptors (Lipinski definition) is 3. The molecule has 4 nitrogen and oxygen atoms in total. The predicted molar refractivity (Wildman–Crippen MR) is 106 cm³/mol. The molecule has 0 atom stereocenters. The summed E-state index contributed by atoms with van der Waals surface area (Å²) in [7, 11) is 0. The van der Waals surface area contributed by atoms with Crippen molar-refractivity contribution in [3.05, 3.63) is 101 Å². The molecule has 0 saturated carbocycles. The van der Waals surface area contributed by atoms with Gasteiger partial charge in [0.05, 0.1) is 16.9 Å². The van der Waals surface area contributed by atoms with Crippen molar-refractivity contribution < 1.29 is 4.79 Å². The minimum atomic E-state index is -0.138. The number of carbonyl (C=O) groups excluding carboxylic acids is 1. The number of benzene rings is 3. The minimum Gasteiger partial charge on any atom is -0.289 e. The van der Waals surface area contributed by atoms with Gasteiger partial charge in [-0.2, -0.15) is 0 Å². The summed E-state index contributed by atoms with van der Waals surface area (Å²) >= 11 is 6.21. The zero-order valence-corrected chi connectivity index (χ0v) is 15.4. The molecule has 1 aromatic heterocycles. The fourth-order valence-corrected chi connectivity index (χ4v) is 3.13. The predicted octanol–water partition coefficient (Wildman–Crippen LogP) is 5.13. The molecule has 0 spiro atoms.